The third-order valence-corrected chi connectivity index (χ3v) is 2.25. The van der Waals surface area contributed by atoms with E-state index in [0.717, 1.165) is 0 Å². The van der Waals surface area contributed by atoms with E-state index in [1.807, 2.05) is 0 Å². The number of urea groups is 1. The number of carbonyl (C=O) groups is 3. The fourth-order valence-electron chi connectivity index (χ4n) is 1.35. The van der Waals surface area contributed by atoms with Crippen LogP contribution in [0.3, 0.4) is 0 Å². The quantitative estimate of drug-likeness (QED) is 0.527. The van der Waals surface area contributed by atoms with Crippen molar-refractivity contribution in [3.8, 4) is 0 Å². The monoisotopic (exact) mass is 281 g/mol. The second kappa shape index (κ2) is 7.10. The maximum absolute atomic E-state index is 11.5. The molecule has 1 aromatic carbocycles. The molecular weight excluding hydrogens is 266 g/mol. The summed E-state index contributed by atoms with van der Waals surface area (Å²) in [6.45, 7) is 0.671. The van der Waals surface area contributed by atoms with Crippen LogP contribution in [0.25, 0.3) is 0 Å². The fraction of sp³-hybridized carbons (Fsp3) is 0.250. The molecule has 1 rings (SSSR count). The van der Waals surface area contributed by atoms with Gasteiger partial charge in [-0.1, -0.05) is 0 Å². The van der Waals surface area contributed by atoms with Crippen molar-refractivity contribution < 1.29 is 24.6 Å². The van der Waals surface area contributed by atoms with Crippen molar-refractivity contribution in [2.45, 2.75) is 13.0 Å². The Morgan fingerprint density at radius 2 is 1.60 bits per heavy atom. The first kappa shape index (κ1) is 15.4. The average Bonchev–Trinajstić information content (AvgIpc) is 2.37. The summed E-state index contributed by atoms with van der Waals surface area (Å²) >= 11 is 0. The molecule has 0 fully saturated rings. The van der Waals surface area contributed by atoms with Gasteiger partial charge in [0, 0.05) is 18.3 Å². The molecule has 8 nitrogen and oxygen atoms in total. The van der Waals surface area contributed by atoms with Crippen molar-refractivity contribution in [3.63, 3.8) is 0 Å². The number of aliphatic carboxylic acids is 1. The number of carbonyl (C=O) groups excluding carboxylic acids is 2. The number of rotatable bonds is 5. The summed E-state index contributed by atoms with van der Waals surface area (Å²) in [6.07, 6.45) is 0. The Morgan fingerprint density at radius 1 is 1.10 bits per heavy atom. The molecule has 20 heavy (non-hydrogen) atoms. The van der Waals surface area contributed by atoms with Crippen LogP contribution in [-0.4, -0.2) is 40.8 Å². The molecule has 0 aliphatic heterocycles. The first-order valence-corrected chi connectivity index (χ1v) is 5.71. The first-order chi connectivity index (χ1) is 9.42. The van der Waals surface area contributed by atoms with Gasteiger partial charge in [0.15, 0.2) is 6.04 Å². The Hall–Kier alpha value is -2.61. The molecule has 0 aromatic heterocycles. The molecule has 0 radical (unpaired) electrons. The number of hydrogen-bond acceptors (Lipinski definition) is 4. The zero-order chi connectivity index (χ0) is 15.1. The Balaban J connectivity index is 2.58. The van der Waals surface area contributed by atoms with Crippen LogP contribution in [0.5, 0.6) is 0 Å². The average molecular weight is 281 g/mol. The zero-order valence-electron chi connectivity index (χ0n) is 10.7. The van der Waals surface area contributed by atoms with Gasteiger partial charge in [-0.2, -0.15) is 0 Å². The molecule has 8 heteroatoms. The van der Waals surface area contributed by atoms with Crippen molar-refractivity contribution in [3.05, 3.63) is 24.3 Å². The van der Waals surface area contributed by atoms with Gasteiger partial charge in [-0.05, 0) is 24.3 Å². The summed E-state index contributed by atoms with van der Waals surface area (Å²) < 4.78 is 0. The van der Waals surface area contributed by atoms with E-state index in [0.29, 0.717) is 11.4 Å². The van der Waals surface area contributed by atoms with Crippen molar-refractivity contribution in [2.75, 3.05) is 17.2 Å². The van der Waals surface area contributed by atoms with Crippen molar-refractivity contribution in [2.24, 2.45) is 0 Å². The third kappa shape index (κ3) is 4.94. The van der Waals surface area contributed by atoms with Crippen LogP contribution in [0.4, 0.5) is 16.2 Å². The maximum Gasteiger partial charge on any atom is 0.328 e. The highest BCUT2D eigenvalue weighted by atomic mass is 16.4. The van der Waals surface area contributed by atoms with Gasteiger partial charge < -0.3 is 26.2 Å². The summed E-state index contributed by atoms with van der Waals surface area (Å²) in [4.78, 5) is 32.9. The predicted octanol–water partition coefficient (Wildman–Crippen LogP) is 0.212. The largest absolute Gasteiger partial charge is 0.480 e. The highest BCUT2D eigenvalue weighted by molar-refractivity contribution is 5.93. The van der Waals surface area contributed by atoms with Gasteiger partial charge in [-0.25, -0.2) is 9.59 Å². The Morgan fingerprint density at radius 3 is 2.00 bits per heavy atom. The van der Waals surface area contributed by atoms with Gasteiger partial charge in [0.2, 0.25) is 5.91 Å². The number of carboxylic acids is 1. The van der Waals surface area contributed by atoms with Crippen LogP contribution in [-0.2, 0) is 9.59 Å². The van der Waals surface area contributed by atoms with E-state index in [4.69, 9.17) is 10.2 Å². The van der Waals surface area contributed by atoms with Crippen molar-refractivity contribution >= 4 is 29.3 Å². The molecule has 0 heterocycles. The maximum atomic E-state index is 11.5. The normalized spacial score (nSPS) is 11.3. The lowest BCUT2D eigenvalue weighted by molar-refractivity contribution is -0.140. The lowest BCUT2D eigenvalue weighted by atomic mass is 10.2. The number of amides is 3. The third-order valence-electron chi connectivity index (χ3n) is 2.25. The molecule has 1 aromatic rings. The van der Waals surface area contributed by atoms with E-state index in [9.17, 15) is 14.4 Å². The zero-order valence-corrected chi connectivity index (χ0v) is 10.7. The standard InChI is InChI=1S/C12H15N3O5/c1-7(17)13-8-2-4-9(5-3-8)14-12(20)15-10(6-16)11(18)19/h2-5,10,16H,6H2,1H3,(H,13,17)(H,18,19)(H2,14,15,20). The predicted molar refractivity (Wildman–Crippen MR) is 71.4 cm³/mol. The number of aliphatic hydroxyl groups excluding tert-OH is 1. The first-order valence-electron chi connectivity index (χ1n) is 5.71. The lowest BCUT2D eigenvalue weighted by Crippen LogP contribution is -2.45. The Bertz CT molecular complexity index is 500. The lowest BCUT2D eigenvalue weighted by Gasteiger charge is -2.12. The van der Waals surface area contributed by atoms with Crippen LogP contribution in [0.2, 0.25) is 0 Å². The SMILES string of the molecule is CC(=O)Nc1ccc(NC(=O)NC(CO)C(=O)O)cc1. The molecule has 5 N–H and O–H groups in total. The second-order valence-electron chi connectivity index (χ2n) is 3.93. The van der Waals surface area contributed by atoms with Gasteiger partial charge >= 0.3 is 12.0 Å². The molecule has 3 amide bonds. The van der Waals surface area contributed by atoms with Crippen molar-refractivity contribution in [1.82, 2.24) is 5.32 Å². The summed E-state index contributed by atoms with van der Waals surface area (Å²) in [5.74, 6) is -1.54. The topological polar surface area (TPSA) is 128 Å². The van der Waals surface area contributed by atoms with E-state index >= 15 is 0 Å². The van der Waals surface area contributed by atoms with Crippen LogP contribution in [0.1, 0.15) is 6.92 Å². The number of aliphatic hydroxyl groups is 1. The van der Waals surface area contributed by atoms with E-state index in [2.05, 4.69) is 16.0 Å². The summed E-state index contributed by atoms with van der Waals surface area (Å²) in [7, 11) is 0. The molecule has 0 saturated carbocycles. The molecule has 0 aliphatic rings. The van der Waals surface area contributed by atoms with Crippen molar-refractivity contribution in [1.29, 1.82) is 0 Å². The van der Waals surface area contributed by atoms with E-state index in [1.165, 1.54) is 6.92 Å². The van der Waals surface area contributed by atoms with Gasteiger partial charge in [-0.15, -0.1) is 0 Å². The second-order valence-corrected chi connectivity index (χ2v) is 3.93. The highest BCUT2D eigenvalue weighted by Crippen LogP contribution is 2.13. The molecule has 1 unspecified atom stereocenters. The summed E-state index contributed by atoms with van der Waals surface area (Å²) in [5.41, 5.74) is 0.987. The smallest absolute Gasteiger partial charge is 0.328 e. The number of hydrogen-bond donors (Lipinski definition) is 5. The minimum atomic E-state index is -1.37. The minimum absolute atomic E-state index is 0.212. The van der Waals surface area contributed by atoms with Crippen LogP contribution >= 0.6 is 0 Å². The van der Waals surface area contributed by atoms with Gasteiger partial charge in [-0.3, -0.25) is 4.79 Å². The fourth-order valence-corrected chi connectivity index (χ4v) is 1.35. The molecule has 0 aliphatic carbocycles. The van der Waals surface area contributed by atoms with Crippen LogP contribution < -0.4 is 16.0 Å². The number of carboxylic acid groups (broad SMARTS) is 1. The molecule has 0 saturated heterocycles. The number of benzene rings is 1. The van der Waals surface area contributed by atoms with Gasteiger partial charge in [0.25, 0.3) is 0 Å². The van der Waals surface area contributed by atoms with Gasteiger partial charge in [0.05, 0.1) is 6.61 Å². The van der Waals surface area contributed by atoms with Crippen LogP contribution in [0.15, 0.2) is 24.3 Å². The molecule has 0 bridgehead atoms. The summed E-state index contributed by atoms with van der Waals surface area (Å²) in [6, 6.07) is 4.13. The highest BCUT2D eigenvalue weighted by Gasteiger charge is 2.18. The molecule has 108 valence electrons. The Kier molecular flexibility index (Phi) is 5.48. The number of nitrogens with one attached hydrogen (secondary N) is 3. The van der Waals surface area contributed by atoms with E-state index in [-0.39, 0.29) is 5.91 Å². The molecular formula is C12H15N3O5. The van der Waals surface area contributed by atoms with Gasteiger partial charge in [0.1, 0.15) is 0 Å². The minimum Gasteiger partial charge on any atom is -0.480 e. The summed E-state index contributed by atoms with van der Waals surface area (Å²) in [5, 5.41) is 24.5. The molecule has 0 spiro atoms. The van der Waals surface area contributed by atoms with E-state index in [1.54, 1.807) is 24.3 Å². The van der Waals surface area contributed by atoms with Crippen LogP contribution in [0, 0.1) is 0 Å². The molecule has 1 atom stereocenters. The van der Waals surface area contributed by atoms with E-state index < -0.39 is 24.6 Å². The Labute approximate surface area is 114 Å². The number of anilines is 2.